The fourth-order valence-electron chi connectivity index (χ4n) is 1.63. The summed E-state index contributed by atoms with van der Waals surface area (Å²) in [6, 6.07) is 0.102. The molecule has 0 aliphatic carbocycles. The lowest BCUT2D eigenvalue weighted by Gasteiger charge is -2.12. The number of ether oxygens (including phenoxy) is 2. The monoisotopic (exact) mass is 241 g/mol. The van der Waals surface area contributed by atoms with Gasteiger partial charge in [-0.3, -0.25) is 0 Å². The highest BCUT2D eigenvalue weighted by atomic mass is 16.5. The average molecular weight is 241 g/mol. The summed E-state index contributed by atoms with van der Waals surface area (Å²) in [6.07, 6.45) is 5.45. The molecule has 0 radical (unpaired) electrons. The van der Waals surface area contributed by atoms with Crippen LogP contribution in [-0.2, 0) is 22.4 Å². The molecule has 17 heavy (non-hydrogen) atoms. The van der Waals surface area contributed by atoms with Crippen LogP contribution in [-0.4, -0.2) is 42.5 Å². The molecule has 1 heterocycles. The molecule has 2 N–H and O–H groups in total. The molecule has 0 spiro atoms. The summed E-state index contributed by atoms with van der Waals surface area (Å²) in [5.74, 6) is 1.05. The topological polar surface area (TPSA) is 62.3 Å². The Labute approximate surface area is 103 Å². The van der Waals surface area contributed by atoms with Gasteiger partial charge in [0, 0.05) is 45.1 Å². The van der Waals surface area contributed by atoms with Gasteiger partial charge in [-0.25, -0.2) is 4.98 Å². The first kappa shape index (κ1) is 14.2. The van der Waals surface area contributed by atoms with Gasteiger partial charge >= 0.3 is 0 Å². The summed E-state index contributed by atoms with van der Waals surface area (Å²) in [5, 5.41) is 0. The van der Waals surface area contributed by atoms with Gasteiger partial charge < -0.3 is 19.8 Å². The molecule has 0 saturated heterocycles. The Balaban J connectivity index is 2.18. The van der Waals surface area contributed by atoms with Gasteiger partial charge in [0.25, 0.3) is 0 Å². The molecule has 0 aromatic carbocycles. The van der Waals surface area contributed by atoms with E-state index in [-0.39, 0.29) is 6.04 Å². The SMILES string of the molecule is CCn1ccnc1CC(N)CCOCCOC. The van der Waals surface area contributed by atoms with Crippen molar-refractivity contribution in [1.82, 2.24) is 9.55 Å². The quantitative estimate of drug-likeness (QED) is 0.650. The minimum absolute atomic E-state index is 0.102. The number of hydrogen-bond donors (Lipinski definition) is 1. The summed E-state index contributed by atoms with van der Waals surface area (Å²) in [4.78, 5) is 4.31. The molecule has 0 fully saturated rings. The smallest absolute Gasteiger partial charge is 0.110 e. The predicted octanol–water partition coefficient (Wildman–Crippen LogP) is 0.826. The fourth-order valence-corrected chi connectivity index (χ4v) is 1.63. The minimum Gasteiger partial charge on any atom is -0.382 e. The molecular formula is C12H23N3O2. The number of aromatic nitrogens is 2. The van der Waals surface area contributed by atoms with Crippen LogP contribution in [0, 0.1) is 0 Å². The molecule has 1 atom stereocenters. The molecule has 0 saturated carbocycles. The normalized spacial score (nSPS) is 12.9. The number of imidazole rings is 1. The van der Waals surface area contributed by atoms with E-state index in [1.165, 1.54) is 0 Å². The summed E-state index contributed by atoms with van der Waals surface area (Å²) in [5.41, 5.74) is 6.04. The van der Waals surface area contributed by atoms with Gasteiger partial charge in [0.15, 0.2) is 0 Å². The van der Waals surface area contributed by atoms with Gasteiger partial charge in [0.1, 0.15) is 5.82 Å². The molecular weight excluding hydrogens is 218 g/mol. The molecule has 1 unspecified atom stereocenters. The van der Waals surface area contributed by atoms with Gasteiger partial charge in [-0.15, -0.1) is 0 Å². The first-order chi connectivity index (χ1) is 8.27. The Hall–Kier alpha value is -0.910. The third-order valence-corrected chi connectivity index (χ3v) is 2.65. The van der Waals surface area contributed by atoms with Crippen LogP contribution in [0.1, 0.15) is 19.2 Å². The zero-order valence-electron chi connectivity index (χ0n) is 10.8. The van der Waals surface area contributed by atoms with Gasteiger partial charge in [0.05, 0.1) is 13.2 Å². The Kier molecular flexibility index (Phi) is 6.84. The van der Waals surface area contributed by atoms with E-state index in [0.29, 0.717) is 19.8 Å². The fraction of sp³-hybridized carbons (Fsp3) is 0.750. The molecule has 0 bridgehead atoms. The number of nitrogens with zero attached hydrogens (tertiary/aromatic N) is 2. The van der Waals surface area contributed by atoms with Crippen LogP contribution in [0.2, 0.25) is 0 Å². The maximum Gasteiger partial charge on any atom is 0.110 e. The number of rotatable bonds is 9. The lowest BCUT2D eigenvalue weighted by molar-refractivity contribution is 0.0671. The van der Waals surface area contributed by atoms with Crippen LogP contribution >= 0.6 is 0 Å². The van der Waals surface area contributed by atoms with E-state index in [4.69, 9.17) is 15.2 Å². The van der Waals surface area contributed by atoms with E-state index in [1.807, 2.05) is 12.4 Å². The second-order valence-corrected chi connectivity index (χ2v) is 3.99. The lowest BCUT2D eigenvalue weighted by atomic mass is 10.1. The highest BCUT2D eigenvalue weighted by Gasteiger charge is 2.08. The van der Waals surface area contributed by atoms with E-state index in [0.717, 1.165) is 25.2 Å². The second kappa shape index (κ2) is 8.22. The first-order valence-corrected chi connectivity index (χ1v) is 6.10. The van der Waals surface area contributed by atoms with Gasteiger partial charge in [-0.2, -0.15) is 0 Å². The molecule has 0 aliphatic heterocycles. The van der Waals surface area contributed by atoms with Crippen molar-refractivity contribution in [2.45, 2.75) is 32.4 Å². The third kappa shape index (κ3) is 5.30. The standard InChI is InChI=1S/C12H23N3O2/c1-3-15-6-5-14-12(15)10-11(13)4-7-17-9-8-16-2/h5-6,11H,3-4,7-10,13H2,1-2H3. The zero-order chi connectivity index (χ0) is 12.5. The van der Waals surface area contributed by atoms with Crippen LogP contribution in [0.5, 0.6) is 0 Å². The molecule has 1 aromatic heterocycles. The Bertz CT molecular complexity index is 302. The van der Waals surface area contributed by atoms with E-state index in [1.54, 1.807) is 7.11 Å². The molecule has 5 nitrogen and oxygen atoms in total. The molecule has 0 amide bonds. The summed E-state index contributed by atoms with van der Waals surface area (Å²) in [6.45, 7) is 4.98. The number of nitrogens with two attached hydrogens (primary N) is 1. The second-order valence-electron chi connectivity index (χ2n) is 3.99. The van der Waals surface area contributed by atoms with E-state index in [2.05, 4.69) is 16.5 Å². The Morgan fingerprint density at radius 3 is 2.94 bits per heavy atom. The number of aryl methyl sites for hydroxylation is 1. The Morgan fingerprint density at radius 1 is 1.41 bits per heavy atom. The molecule has 5 heteroatoms. The zero-order valence-corrected chi connectivity index (χ0v) is 10.8. The van der Waals surface area contributed by atoms with Crippen molar-refractivity contribution in [3.8, 4) is 0 Å². The molecule has 98 valence electrons. The van der Waals surface area contributed by atoms with Crippen molar-refractivity contribution in [3.05, 3.63) is 18.2 Å². The highest BCUT2D eigenvalue weighted by molar-refractivity contribution is 4.94. The van der Waals surface area contributed by atoms with Crippen molar-refractivity contribution in [2.75, 3.05) is 26.9 Å². The largest absolute Gasteiger partial charge is 0.382 e. The van der Waals surface area contributed by atoms with Crippen molar-refractivity contribution < 1.29 is 9.47 Å². The first-order valence-electron chi connectivity index (χ1n) is 6.10. The summed E-state index contributed by atoms with van der Waals surface area (Å²) >= 11 is 0. The van der Waals surface area contributed by atoms with Crippen molar-refractivity contribution in [2.24, 2.45) is 5.73 Å². The maximum absolute atomic E-state index is 6.04. The third-order valence-electron chi connectivity index (χ3n) is 2.65. The molecule has 1 aromatic rings. The van der Waals surface area contributed by atoms with Crippen LogP contribution in [0.3, 0.4) is 0 Å². The van der Waals surface area contributed by atoms with Crippen LogP contribution in [0.15, 0.2) is 12.4 Å². The van der Waals surface area contributed by atoms with Gasteiger partial charge in [-0.1, -0.05) is 0 Å². The Morgan fingerprint density at radius 2 is 2.24 bits per heavy atom. The van der Waals surface area contributed by atoms with Crippen LogP contribution in [0.25, 0.3) is 0 Å². The highest BCUT2D eigenvalue weighted by Crippen LogP contribution is 2.03. The van der Waals surface area contributed by atoms with E-state index >= 15 is 0 Å². The van der Waals surface area contributed by atoms with Gasteiger partial charge in [0.2, 0.25) is 0 Å². The molecule has 1 rings (SSSR count). The summed E-state index contributed by atoms with van der Waals surface area (Å²) in [7, 11) is 1.67. The van der Waals surface area contributed by atoms with Gasteiger partial charge in [-0.05, 0) is 13.3 Å². The van der Waals surface area contributed by atoms with Crippen molar-refractivity contribution in [1.29, 1.82) is 0 Å². The lowest BCUT2D eigenvalue weighted by Crippen LogP contribution is -2.26. The number of methoxy groups -OCH3 is 1. The predicted molar refractivity (Wildman–Crippen MR) is 66.9 cm³/mol. The maximum atomic E-state index is 6.04. The van der Waals surface area contributed by atoms with E-state index < -0.39 is 0 Å². The van der Waals surface area contributed by atoms with Crippen molar-refractivity contribution >= 4 is 0 Å². The van der Waals surface area contributed by atoms with Crippen molar-refractivity contribution in [3.63, 3.8) is 0 Å². The number of hydrogen-bond acceptors (Lipinski definition) is 4. The summed E-state index contributed by atoms with van der Waals surface area (Å²) < 4.78 is 12.4. The van der Waals surface area contributed by atoms with E-state index in [9.17, 15) is 0 Å². The average Bonchev–Trinajstić information content (AvgIpc) is 2.76. The minimum atomic E-state index is 0.102. The molecule has 0 aliphatic rings. The van der Waals surface area contributed by atoms with Crippen LogP contribution in [0.4, 0.5) is 0 Å². The van der Waals surface area contributed by atoms with Crippen LogP contribution < -0.4 is 5.73 Å².